The summed E-state index contributed by atoms with van der Waals surface area (Å²) in [4.78, 5) is 15.8. The van der Waals surface area contributed by atoms with Crippen LogP contribution in [-0.4, -0.2) is 23.2 Å². The number of benzene rings is 2. The molecule has 0 saturated carbocycles. The van der Waals surface area contributed by atoms with Crippen molar-refractivity contribution in [2.24, 2.45) is 0 Å². The van der Waals surface area contributed by atoms with Gasteiger partial charge in [-0.3, -0.25) is 0 Å². The second-order valence-electron chi connectivity index (χ2n) is 5.52. The van der Waals surface area contributed by atoms with Gasteiger partial charge in [0.1, 0.15) is 16.5 Å². The molecule has 0 spiro atoms. The summed E-state index contributed by atoms with van der Waals surface area (Å²) in [5.74, 6) is 0.161. The van der Waals surface area contributed by atoms with Crippen LogP contribution in [0, 0.1) is 6.92 Å². The summed E-state index contributed by atoms with van der Waals surface area (Å²) < 4.78 is 11.2. The summed E-state index contributed by atoms with van der Waals surface area (Å²) in [6, 6.07) is 12.8. The summed E-state index contributed by atoms with van der Waals surface area (Å²) in [5.41, 5.74) is 2.20. The molecular weight excluding hydrogens is 374 g/mol. The minimum absolute atomic E-state index is 0.234. The Morgan fingerprint density at radius 1 is 1.23 bits per heavy atom. The minimum atomic E-state index is -0.975. The topological polar surface area (TPSA) is 68.7 Å². The van der Waals surface area contributed by atoms with Gasteiger partial charge in [-0.05, 0) is 42.8 Å². The van der Waals surface area contributed by atoms with Gasteiger partial charge >= 0.3 is 5.97 Å². The molecule has 0 radical (unpaired) electrons. The molecule has 3 aromatic rings. The van der Waals surface area contributed by atoms with E-state index < -0.39 is 5.97 Å². The minimum Gasteiger partial charge on any atom is -0.493 e. The number of carboxylic acids is 1. The van der Waals surface area contributed by atoms with Gasteiger partial charge < -0.3 is 14.6 Å². The average Bonchev–Trinajstić information content (AvgIpc) is 3.02. The van der Waals surface area contributed by atoms with Crippen LogP contribution in [0.3, 0.4) is 0 Å². The van der Waals surface area contributed by atoms with E-state index in [1.54, 1.807) is 32.2 Å². The lowest BCUT2D eigenvalue weighted by Crippen LogP contribution is -1.98. The number of nitrogens with zero attached hydrogens (tertiary/aromatic N) is 1. The van der Waals surface area contributed by atoms with Crippen LogP contribution in [0.25, 0.3) is 10.6 Å². The molecule has 0 aliphatic carbocycles. The van der Waals surface area contributed by atoms with E-state index in [1.807, 2.05) is 24.3 Å². The highest BCUT2D eigenvalue weighted by atomic mass is 35.5. The first-order chi connectivity index (χ1) is 12.5. The third kappa shape index (κ3) is 3.98. The Bertz CT molecular complexity index is 954. The van der Waals surface area contributed by atoms with Crippen molar-refractivity contribution in [1.29, 1.82) is 0 Å². The average molecular weight is 390 g/mol. The Hall–Kier alpha value is -2.57. The fraction of sp³-hybridized carbons (Fsp3) is 0.158. The number of hydrogen-bond donors (Lipinski definition) is 1. The van der Waals surface area contributed by atoms with E-state index in [9.17, 15) is 9.90 Å². The number of aromatic carboxylic acids is 1. The van der Waals surface area contributed by atoms with Gasteiger partial charge in [0.2, 0.25) is 0 Å². The maximum absolute atomic E-state index is 11.2. The lowest BCUT2D eigenvalue weighted by atomic mass is 10.2. The molecule has 0 atom stereocenters. The third-order valence-corrected chi connectivity index (χ3v) is 5.11. The van der Waals surface area contributed by atoms with E-state index in [0.29, 0.717) is 33.8 Å². The van der Waals surface area contributed by atoms with E-state index >= 15 is 0 Å². The monoisotopic (exact) mass is 389 g/mol. The first kappa shape index (κ1) is 18.2. The summed E-state index contributed by atoms with van der Waals surface area (Å²) in [5, 5.41) is 10.5. The number of aryl methyl sites for hydroxylation is 1. The molecule has 7 heteroatoms. The third-order valence-electron chi connectivity index (χ3n) is 3.68. The van der Waals surface area contributed by atoms with Crippen LogP contribution in [0.2, 0.25) is 5.02 Å². The van der Waals surface area contributed by atoms with Gasteiger partial charge in [-0.1, -0.05) is 23.7 Å². The van der Waals surface area contributed by atoms with Crippen LogP contribution in [-0.2, 0) is 6.61 Å². The molecule has 1 heterocycles. The summed E-state index contributed by atoms with van der Waals surface area (Å²) in [6.07, 6.45) is 0. The molecule has 0 aliphatic heterocycles. The van der Waals surface area contributed by atoms with Crippen molar-refractivity contribution in [2.45, 2.75) is 13.5 Å². The van der Waals surface area contributed by atoms with Crippen molar-refractivity contribution in [3.63, 3.8) is 0 Å². The first-order valence-corrected chi connectivity index (χ1v) is 8.93. The van der Waals surface area contributed by atoms with Crippen LogP contribution in [0.5, 0.6) is 11.5 Å². The lowest BCUT2D eigenvalue weighted by molar-refractivity contribution is 0.0701. The fourth-order valence-electron chi connectivity index (χ4n) is 2.43. The second-order valence-corrected chi connectivity index (χ2v) is 6.96. The molecule has 134 valence electrons. The standard InChI is InChI=1S/C19H16ClNO4S/c1-11-17(19(22)23)26-18(21-11)13-6-7-15(24-2)16(9-13)25-10-12-4-3-5-14(20)8-12/h3-9H,10H2,1-2H3,(H,22,23). The number of hydrogen-bond acceptors (Lipinski definition) is 5. The van der Waals surface area contributed by atoms with Gasteiger partial charge in [-0.25, -0.2) is 9.78 Å². The fourth-order valence-corrected chi connectivity index (χ4v) is 3.54. The Balaban J connectivity index is 1.89. The molecule has 5 nitrogen and oxygen atoms in total. The number of aromatic nitrogens is 1. The van der Waals surface area contributed by atoms with Gasteiger partial charge in [-0.2, -0.15) is 0 Å². The number of ether oxygens (including phenoxy) is 2. The van der Waals surface area contributed by atoms with Gasteiger partial charge in [0, 0.05) is 10.6 Å². The number of rotatable bonds is 6. The summed E-state index contributed by atoms with van der Waals surface area (Å²) in [6.45, 7) is 2.02. The predicted octanol–water partition coefficient (Wildman–Crippen LogP) is 5.06. The second kappa shape index (κ2) is 7.76. The summed E-state index contributed by atoms with van der Waals surface area (Å²) in [7, 11) is 1.57. The maximum atomic E-state index is 11.2. The highest BCUT2D eigenvalue weighted by Crippen LogP contribution is 2.35. The largest absolute Gasteiger partial charge is 0.493 e. The molecule has 0 fully saturated rings. The molecular formula is C19H16ClNO4S. The van der Waals surface area contributed by atoms with Crippen LogP contribution in [0.1, 0.15) is 20.9 Å². The maximum Gasteiger partial charge on any atom is 0.347 e. The van der Waals surface area contributed by atoms with E-state index in [2.05, 4.69) is 4.98 Å². The molecule has 26 heavy (non-hydrogen) atoms. The predicted molar refractivity (Wildman–Crippen MR) is 102 cm³/mol. The molecule has 0 aliphatic rings. The van der Waals surface area contributed by atoms with E-state index in [-0.39, 0.29) is 4.88 Å². The normalized spacial score (nSPS) is 10.6. The SMILES string of the molecule is COc1ccc(-c2nc(C)c(C(=O)O)s2)cc1OCc1cccc(Cl)c1. The van der Waals surface area contributed by atoms with Crippen LogP contribution in [0.4, 0.5) is 0 Å². The van der Waals surface area contributed by atoms with Crippen molar-refractivity contribution in [3.8, 4) is 22.1 Å². The molecule has 3 rings (SSSR count). The van der Waals surface area contributed by atoms with Gasteiger partial charge in [0.15, 0.2) is 11.5 Å². The Morgan fingerprint density at radius 3 is 2.69 bits per heavy atom. The van der Waals surface area contributed by atoms with Crippen molar-refractivity contribution in [2.75, 3.05) is 7.11 Å². The van der Waals surface area contributed by atoms with E-state index in [1.165, 1.54) is 0 Å². The zero-order valence-corrected chi connectivity index (χ0v) is 15.7. The van der Waals surface area contributed by atoms with Crippen LogP contribution < -0.4 is 9.47 Å². The van der Waals surface area contributed by atoms with Crippen molar-refractivity contribution in [3.05, 3.63) is 63.6 Å². The van der Waals surface area contributed by atoms with Crippen LogP contribution >= 0.6 is 22.9 Å². The highest BCUT2D eigenvalue weighted by molar-refractivity contribution is 7.17. The van der Waals surface area contributed by atoms with Crippen molar-refractivity contribution < 1.29 is 19.4 Å². The number of carboxylic acid groups (broad SMARTS) is 1. The molecule has 0 amide bonds. The molecule has 0 bridgehead atoms. The number of thiazole rings is 1. The van der Waals surface area contributed by atoms with Gasteiger partial charge in [-0.15, -0.1) is 11.3 Å². The number of methoxy groups -OCH3 is 1. The summed E-state index contributed by atoms with van der Waals surface area (Å²) >= 11 is 7.13. The number of carbonyl (C=O) groups is 1. The smallest absolute Gasteiger partial charge is 0.347 e. The first-order valence-electron chi connectivity index (χ1n) is 7.74. The lowest BCUT2D eigenvalue weighted by Gasteiger charge is -2.12. The molecule has 1 aromatic heterocycles. The quantitative estimate of drug-likeness (QED) is 0.638. The van der Waals surface area contributed by atoms with E-state index in [0.717, 1.165) is 22.5 Å². The Labute approximate surface area is 159 Å². The molecule has 0 unspecified atom stereocenters. The van der Waals surface area contributed by atoms with E-state index in [4.69, 9.17) is 21.1 Å². The van der Waals surface area contributed by atoms with Crippen molar-refractivity contribution >= 4 is 28.9 Å². The molecule has 2 aromatic carbocycles. The molecule has 0 saturated heterocycles. The molecule has 1 N–H and O–H groups in total. The van der Waals surface area contributed by atoms with Crippen molar-refractivity contribution in [1.82, 2.24) is 4.98 Å². The van der Waals surface area contributed by atoms with Gasteiger partial charge in [0.25, 0.3) is 0 Å². The highest BCUT2D eigenvalue weighted by Gasteiger charge is 2.16. The number of halogens is 1. The van der Waals surface area contributed by atoms with Crippen LogP contribution in [0.15, 0.2) is 42.5 Å². The van der Waals surface area contributed by atoms with Gasteiger partial charge in [0.05, 0.1) is 12.8 Å². The zero-order chi connectivity index (χ0) is 18.7. The zero-order valence-electron chi connectivity index (χ0n) is 14.2. The Kier molecular flexibility index (Phi) is 5.44. The Morgan fingerprint density at radius 2 is 2.04 bits per heavy atom.